The molecule has 0 aliphatic heterocycles. The van der Waals surface area contributed by atoms with Gasteiger partial charge in [0.25, 0.3) is 0 Å². The molecule has 0 fully saturated rings. The fourth-order valence-electron chi connectivity index (χ4n) is 4.26. The normalized spacial score (nSPS) is 11.1. The highest BCUT2D eigenvalue weighted by molar-refractivity contribution is 9.13. The van der Waals surface area contributed by atoms with Crippen LogP contribution in [-0.4, -0.2) is 0 Å². The number of rotatable bonds is 5. The molecule has 0 unspecified atom stereocenters. The standard InChI is InChI=1S/C30H19Br2NO2/c31-25-14-8-15-26(29(25)32)34-27-16-7-13-24-23-18-17-22(19-28(23)35-30(24)27)33(20-9-3-1-4-10-20)21-11-5-2-6-12-21/h1-19H. The van der Waals surface area contributed by atoms with E-state index in [4.69, 9.17) is 9.15 Å². The van der Waals surface area contributed by atoms with Crippen LogP contribution in [0, 0.1) is 0 Å². The first kappa shape index (κ1) is 22.0. The van der Waals surface area contributed by atoms with Crippen molar-refractivity contribution < 1.29 is 9.15 Å². The maximum Gasteiger partial charge on any atom is 0.177 e. The summed E-state index contributed by atoms with van der Waals surface area (Å²) in [6, 6.07) is 38.9. The number of halogens is 2. The summed E-state index contributed by atoms with van der Waals surface area (Å²) in [4.78, 5) is 2.22. The highest BCUT2D eigenvalue weighted by Crippen LogP contribution is 2.42. The molecule has 0 saturated heterocycles. The van der Waals surface area contributed by atoms with Crippen molar-refractivity contribution >= 4 is 70.9 Å². The molecule has 0 saturated carbocycles. The number of para-hydroxylation sites is 3. The molecular weight excluding hydrogens is 566 g/mol. The third-order valence-electron chi connectivity index (χ3n) is 5.87. The first-order valence-corrected chi connectivity index (χ1v) is 12.7. The SMILES string of the molecule is Brc1cccc(Oc2cccc3c2oc2cc(N(c4ccccc4)c4ccccc4)ccc23)c1Br. The molecule has 0 spiro atoms. The lowest BCUT2D eigenvalue weighted by Crippen LogP contribution is -2.09. The van der Waals surface area contributed by atoms with E-state index in [9.17, 15) is 0 Å². The number of nitrogens with zero attached hydrogens (tertiary/aromatic N) is 1. The summed E-state index contributed by atoms with van der Waals surface area (Å²) in [5.41, 5.74) is 4.71. The maximum absolute atomic E-state index is 6.41. The Hall–Kier alpha value is -3.54. The van der Waals surface area contributed by atoms with Gasteiger partial charge in [0.05, 0.1) is 4.47 Å². The van der Waals surface area contributed by atoms with Crippen molar-refractivity contribution in [3.05, 3.63) is 124 Å². The number of hydrogen-bond donors (Lipinski definition) is 0. The van der Waals surface area contributed by atoms with Crippen LogP contribution in [0.5, 0.6) is 11.5 Å². The molecule has 5 aromatic carbocycles. The molecule has 6 rings (SSSR count). The molecule has 170 valence electrons. The van der Waals surface area contributed by atoms with Crippen LogP contribution in [0.2, 0.25) is 0 Å². The summed E-state index contributed by atoms with van der Waals surface area (Å²) in [5, 5.41) is 2.06. The minimum absolute atomic E-state index is 0.669. The quantitative estimate of drug-likeness (QED) is 0.201. The van der Waals surface area contributed by atoms with Gasteiger partial charge in [-0.25, -0.2) is 0 Å². The second kappa shape index (κ2) is 9.25. The second-order valence-electron chi connectivity index (χ2n) is 8.08. The van der Waals surface area contributed by atoms with E-state index in [2.05, 4.69) is 110 Å². The Labute approximate surface area is 219 Å². The molecule has 35 heavy (non-hydrogen) atoms. The van der Waals surface area contributed by atoms with Gasteiger partial charge in [0.1, 0.15) is 11.3 Å². The van der Waals surface area contributed by atoms with E-state index in [1.807, 2.05) is 42.5 Å². The van der Waals surface area contributed by atoms with E-state index in [0.29, 0.717) is 11.5 Å². The summed E-state index contributed by atoms with van der Waals surface area (Å²) in [7, 11) is 0. The predicted molar refractivity (Wildman–Crippen MR) is 150 cm³/mol. The van der Waals surface area contributed by atoms with Crippen LogP contribution in [0.3, 0.4) is 0 Å². The van der Waals surface area contributed by atoms with Gasteiger partial charge in [-0.2, -0.15) is 0 Å². The molecule has 0 amide bonds. The molecule has 0 bridgehead atoms. The third-order valence-corrected chi connectivity index (χ3v) is 7.88. The number of ether oxygens (including phenoxy) is 1. The van der Waals surface area contributed by atoms with E-state index in [1.54, 1.807) is 0 Å². The lowest BCUT2D eigenvalue weighted by molar-refractivity contribution is 0.473. The monoisotopic (exact) mass is 583 g/mol. The smallest absolute Gasteiger partial charge is 0.177 e. The minimum atomic E-state index is 0.669. The van der Waals surface area contributed by atoms with Gasteiger partial charge in [0.2, 0.25) is 0 Å². The van der Waals surface area contributed by atoms with Gasteiger partial charge < -0.3 is 14.1 Å². The van der Waals surface area contributed by atoms with E-state index < -0.39 is 0 Å². The molecule has 3 nitrogen and oxygen atoms in total. The largest absolute Gasteiger partial charge is 0.452 e. The summed E-state index contributed by atoms with van der Waals surface area (Å²) in [6.45, 7) is 0. The van der Waals surface area contributed by atoms with Gasteiger partial charge in [-0.15, -0.1) is 0 Å². The lowest BCUT2D eigenvalue weighted by atomic mass is 10.1. The Kier molecular flexibility index (Phi) is 5.80. The van der Waals surface area contributed by atoms with Gasteiger partial charge in [0.15, 0.2) is 11.3 Å². The van der Waals surface area contributed by atoms with Gasteiger partial charge in [-0.1, -0.05) is 54.6 Å². The van der Waals surface area contributed by atoms with Crippen LogP contribution in [0.25, 0.3) is 21.9 Å². The Balaban J connectivity index is 1.48. The zero-order valence-electron chi connectivity index (χ0n) is 18.5. The number of furan rings is 1. The van der Waals surface area contributed by atoms with E-state index in [-0.39, 0.29) is 0 Å². The van der Waals surface area contributed by atoms with Crippen molar-refractivity contribution in [2.75, 3.05) is 4.90 Å². The third kappa shape index (κ3) is 4.11. The number of fused-ring (bicyclic) bond motifs is 3. The Bertz CT molecular complexity index is 1610. The summed E-state index contributed by atoms with van der Waals surface area (Å²) >= 11 is 7.14. The summed E-state index contributed by atoms with van der Waals surface area (Å²) in [6.07, 6.45) is 0. The molecule has 6 aromatic rings. The first-order chi connectivity index (χ1) is 17.2. The zero-order valence-corrected chi connectivity index (χ0v) is 21.7. The van der Waals surface area contributed by atoms with Gasteiger partial charge in [-0.05, 0) is 86.5 Å². The van der Waals surface area contributed by atoms with Crippen LogP contribution >= 0.6 is 31.9 Å². The van der Waals surface area contributed by atoms with Crippen LogP contribution < -0.4 is 9.64 Å². The van der Waals surface area contributed by atoms with Crippen molar-refractivity contribution in [1.29, 1.82) is 0 Å². The average Bonchev–Trinajstić information content (AvgIpc) is 3.27. The van der Waals surface area contributed by atoms with Crippen molar-refractivity contribution in [3.63, 3.8) is 0 Å². The highest BCUT2D eigenvalue weighted by Gasteiger charge is 2.17. The van der Waals surface area contributed by atoms with Gasteiger partial charge in [0, 0.05) is 38.4 Å². The lowest BCUT2D eigenvalue weighted by Gasteiger charge is -2.25. The predicted octanol–water partition coefficient (Wildman–Crippen LogP) is 10.4. The molecular formula is C30H19Br2NO2. The van der Waals surface area contributed by atoms with E-state index in [0.717, 1.165) is 47.9 Å². The molecule has 0 aliphatic rings. The fourth-order valence-corrected chi connectivity index (χ4v) is 4.96. The molecule has 5 heteroatoms. The van der Waals surface area contributed by atoms with Crippen molar-refractivity contribution in [2.45, 2.75) is 0 Å². The van der Waals surface area contributed by atoms with Crippen molar-refractivity contribution in [1.82, 2.24) is 0 Å². The fraction of sp³-hybridized carbons (Fsp3) is 0. The van der Waals surface area contributed by atoms with Gasteiger partial charge >= 0.3 is 0 Å². The first-order valence-electron chi connectivity index (χ1n) is 11.2. The molecule has 0 radical (unpaired) electrons. The van der Waals surface area contributed by atoms with Crippen LogP contribution in [0.1, 0.15) is 0 Å². The zero-order chi connectivity index (χ0) is 23.8. The van der Waals surface area contributed by atoms with Crippen molar-refractivity contribution in [3.8, 4) is 11.5 Å². The van der Waals surface area contributed by atoms with Gasteiger partial charge in [-0.3, -0.25) is 0 Å². The molecule has 1 aromatic heterocycles. The van der Waals surface area contributed by atoms with E-state index in [1.165, 1.54) is 0 Å². The van der Waals surface area contributed by atoms with E-state index >= 15 is 0 Å². The summed E-state index contributed by atoms with van der Waals surface area (Å²) in [5.74, 6) is 1.38. The Morgan fingerprint density at radius 1 is 0.571 bits per heavy atom. The topological polar surface area (TPSA) is 25.6 Å². The number of anilines is 3. The maximum atomic E-state index is 6.41. The Morgan fingerprint density at radius 3 is 1.94 bits per heavy atom. The minimum Gasteiger partial charge on any atom is -0.452 e. The summed E-state index contributed by atoms with van der Waals surface area (Å²) < 4.78 is 14.5. The molecule has 0 aliphatic carbocycles. The van der Waals surface area contributed by atoms with Crippen LogP contribution in [0.15, 0.2) is 129 Å². The number of benzene rings is 5. The second-order valence-corrected chi connectivity index (χ2v) is 9.72. The average molecular weight is 585 g/mol. The molecule has 0 N–H and O–H groups in total. The van der Waals surface area contributed by atoms with Crippen molar-refractivity contribution in [2.24, 2.45) is 0 Å². The Morgan fingerprint density at radius 2 is 1.23 bits per heavy atom. The highest BCUT2D eigenvalue weighted by atomic mass is 79.9. The van der Waals surface area contributed by atoms with Crippen LogP contribution in [0.4, 0.5) is 17.1 Å². The van der Waals surface area contributed by atoms with Crippen LogP contribution in [-0.2, 0) is 0 Å². The molecule has 1 heterocycles. The number of hydrogen-bond acceptors (Lipinski definition) is 3. The molecule has 0 atom stereocenters.